The van der Waals surface area contributed by atoms with Crippen LogP contribution in [0.15, 0.2) is 70.3 Å². The molecule has 0 spiro atoms. The van der Waals surface area contributed by atoms with Gasteiger partial charge in [0, 0.05) is 0 Å². The summed E-state index contributed by atoms with van der Waals surface area (Å²) in [6.07, 6.45) is 2.29. The topological polar surface area (TPSA) is 44.0 Å². The zero-order valence-electron chi connectivity index (χ0n) is 14.1. The number of unbranched alkanes of at least 4 members (excludes halogenated alkanes) is 1. The fourth-order valence-corrected chi connectivity index (χ4v) is 2.70. The van der Waals surface area contributed by atoms with E-state index in [-0.39, 0.29) is 30.0 Å². The Morgan fingerprint density at radius 1 is 0.792 bits per heavy atom. The zero-order chi connectivity index (χ0) is 16.2. The van der Waals surface area contributed by atoms with E-state index in [1.54, 1.807) is 0 Å². The second kappa shape index (κ2) is 8.10. The zero-order valence-corrected chi connectivity index (χ0v) is 14.1. The molecule has 0 N–H and O–H groups in total. The van der Waals surface area contributed by atoms with Crippen molar-refractivity contribution in [1.82, 2.24) is 9.36 Å². The van der Waals surface area contributed by atoms with E-state index >= 15 is 0 Å². The molecule has 4 nitrogen and oxygen atoms in total. The van der Waals surface area contributed by atoms with Crippen molar-refractivity contribution in [2.75, 3.05) is 0 Å². The summed E-state index contributed by atoms with van der Waals surface area (Å²) in [7, 11) is 0. The van der Waals surface area contributed by atoms with Crippen molar-refractivity contribution >= 4 is 0 Å². The maximum Gasteiger partial charge on any atom is 1.00 e. The van der Waals surface area contributed by atoms with Gasteiger partial charge in [-0.05, 0) is 24.3 Å². The predicted octanol–water partition coefficient (Wildman–Crippen LogP) is 0.0539. The molecular formula is C19H19LiN2O2. The first kappa shape index (κ1) is 18.2. The number of hydrogen-bond acceptors (Lipinski definition) is 2. The summed E-state index contributed by atoms with van der Waals surface area (Å²) in [4.78, 5) is 25.7. The molecule has 0 bridgehead atoms. The molecule has 0 aliphatic carbocycles. The van der Waals surface area contributed by atoms with Crippen LogP contribution >= 0.6 is 0 Å². The molecule has 1 heterocycles. The second-order valence-electron chi connectivity index (χ2n) is 5.49. The van der Waals surface area contributed by atoms with Crippen LogP contribution in [0.2, 0.25) is 0 Å². The van der Waals surface area contributed by atoms with E-state index < -0.39 is 0 Å². The maximum absolute atomic E-state index is 12.8. The van der Waals surface area contributed by atoms with E-state index in [1.807, 2.05) is 67.6 Å². The van der Waals surface area contributed by atoms with Crippen molar-refractivity contribution in [2.45, 2.75) is 26.2 Å². The number of benzene rings is 2. The summed E-state index contributed by atoms with van der Waals surface area (Å²) in [6, 6.07) is 18.6. The standard InChI is InChI=1S/C19H19N2O2.Li/c1-2-3-14-17-18(22)20(15-10-6-4-7-11-15)21(19(17)23)16-12-8-5-9-13-16;/h4-13H,2-3,14H2,1H3;/q-1;+1. The normalized spacial score (nSPS) is 10.4. The Morgan fingerprint density at radius 3 is 1.58 bits per heavy atom. The molecule has 3 aromatic rings. The quantitative estimate of drug-likeness (QED) is 0.493. The molecule has 3 rings (SSSR count). The summed E-state index contributed by atoms with van der Waals surface area (Å²) in [5.74, 6) is 0. The molecule has 0 unspecified atom stereocenters. The van der Waals surface area contributed by atoms with Gasteiger partial charge in [0.1, 0.15) is 11.1 Å². The van der Waals surface area contributed by atoms with Crippen molar-refractivity contribution in [2.24, 2.45) is 0 Å². The molecule has 0 saturated heterocycles. The predicted molar refractivity (Wildman–Crippen MR) is 91.8 cm³/mol. The molecule has 1 aromatic heterocycles. The van der Waals surface area contributed by atoms with E-state index in [0.29, 0.717) is 23.4 Å². The fraction of sp³-hybridized carbons (Fsp3) is 0.211. The van der Waals surface area contributed by atoms with Gasteiger partial charge in [-0.3, -0.25) is 0 Å². The van der Waals surface area contributed by atoms with E-state index in [9.17, 15) is 9.59 Å². The van der Waals surface area contributed by atoms with Crippen LogP contribution in [-0.2, 0) is 6.42 Å². The van der Waals surface area contributed by atoms with Gasteiger partial charge in [-0.1, -0.05) is 56.2 Å². The van der Waals surface area contributed by atoms with E-state index in [2.05, 4.69) is 0 Å². The van der Waals surface area contributed by atoms with Crippen LogP contribution in [0.25, 0.3) is 11.4 Å². The molecule has 2 aromatic carbocycles. The van der Waals surface area contributed by atoms with Crippen molar-refractivity contribution < 1.29 is 18.9 Å². The van der Waals surface area contributed by atoms with Gasteiger partial charge in [-0.15, -0.1) is 6.42 Å². The van der Waals surface area contributed by atoms with Crippen LogP contribution in [0.3, 0.4) is 0 Å². The first-order valence-electron chi connectivity index (χ1n) is 7.88. The molecular weight excluding hydrogens is 295 g/mol. The summed E-state index contributed by atoms with van der Waals surface area (Å²) < 4.78 is 2.95. The van der Waals surface area contributed by atoms with Crippen LogP contribution in [0.4, 0.5) is 0 Å². The second-order valence-corrected chi connectivity index (χ2v) is 5.49. The molecule has 0 amide bonds. The molecule has 0 aliphatic heterocycles. The molecule has 118 valence electrons. The average Bonchev–Trinajstić information content (AvgIpc) is 2.85. The number of nitrogens with zero attached hydrogens (tertiary/aromatic N) is 2. The molecule has 0 radical (unpaired) electrons. The summed E-state index contributed by atoms with van der Waals surface area (Å²) in [5.41, 5.74) is 1.30. The Labute approximate surface area is 152 Å². The van der Waals surface area contributed by atoms with Crippen molar-refractivity contribution in [3.63, 3.8) is 0 Å². The van der Waals surface area contributed by atoms with Crippen LogP contribution < -0.4 is 30.0 Å². The molecule has 0 atom stereocenters. The third-order valence-electron chi connectivity index (χ3n) is 3.88. The van der Waals surface area contributed by atoms with E-state index in [1.165, 1.54) is 9.36 Å². The third kappa shape index (κ3) is 3.35. The van der Waals surface area contributed by atoms with E-state index in [4.69, 9.17) is 0 Å². The van der Waals surface area contributed by atoms with Crippen LogP contribution in [0.1, 0.15) is 25.3 Å². The Kier molecular flexibility index (Phi) is 6.14. The number of rotatable bonds is 5. The van der Waals surface area contributed by atoms with Crippen LogP contribution in [0.5, 0.6) is 0 Å². The molecule has 5 heteroatoms. The van der Waals surface area contributed by atoms with Gasteiger partial charge in [0.2, 0.25) is 0 Å². The van der Waals surface area contributed by atoms with Gasteiger partial charge >= 0.3 is 18.9 Å². The van der Waals surface area contributed by atoms with Crippen LogP contribution in [-0.4, -0.2) is 9.36 Å². The van der Waals surface area contributed by atoms with Crippen molar-refractivity contribution in [1.29, 1.82) is 0 Å². The molecule has 0 saturated carbocycles. The summed E-state index contributed by atoms with van der Waals surface area (Å²) in [6.45, 7) is 2.05. The largest absolute Gasteiger partial charge is 1.00 e. The monoisotopic (exact) mass is 314 g/mol. The molecule has 0 fully saturated rings. The third-order valence-corrected chi connectivity index (χ3v) is 3.88. The van der Waals surface area contributed by atoms with E-state index in [0.717, 1.165) is 12.8 Å². The Balaban J connectivity index is 0.00000208. The minimum Gasteiger partial charge on any atom is -0.308 e. The minimum atomic E-state index is -0.224. The van der Waals surface area contributed by atoms with Gasteiger partial charge in [0.15, 0.2) is 0 Å². The Bertz CT molecular complexity index is 822. The number of aromatic nitrogens is 2. The number of hydrogen-bond donors (Lipinski definition) is 0. The maximum atomic E-state index is 12.8. The molecule has 0 aliphatic rings. The van der Waals surface area contributed by atoms with Gasteiger partial charge in [0.05, 0.1) is 11.4 Å². The summed E-state index contributed by atoms with van der Waals surface area (Å²) in [5, 5.41) is 0. The van der Waals surface area contributed by atoms with Crippen LogP contribution in [0, 0.1) is 0 Å². The van der Waals surface area contributed by atoms with Gasteiger partial charge in [0.25, 0.3) is 0 Å². The first-order chi connectivity index (χ1) is 11.2. The van der Waals surface area contributed by atoms with Gasteiger partial charge in [-0.25, -0.2) is 14.9 Å². The molecule has 24 heavy (non-hydrogen) atoms. The number of para-hydroxylation sites is 2. The van der Waals surface area contributed by atoms with Gasteiger partial charge in [-0.2, -0.15) is 0 Å². The Morgan fingerprint density at radius 2 is 1.21 bits per heavy atom. The van der Waals surface area contributed by atoms with Gasteiger partial charge < -0.3 is 9.59 Å². The smallest absolute Gasteiger partial charge is 0.308 e. The van der Waals surface area contributed by atoms with Crippen molar-refractivity contribution in [3.05, 3.63) is 86.9 Å². The summed E-state index contributed by atoms with van der Waals surface area (Å²) >= 11 is 0. The first-order valence-corrected chi connectivity index (χ1v) is 7.88. The average molecular weight is 314 g/mol. The fourth-order valence-electron chi connectivity index (χ4n) is 2.70. The minimum absolute atomic E-state index is 0. The Hall–Kier alpha value is -2.15. The SMILES string of the molecule is CCCC[c-]1c(=O)n(-c2ccccc2)n(-c2ccccc2)c1=O.[Li+]. The van der Waals surface area contributed by atoms with Crippen molar-refractivity contribution in [3.8, 4) is 11.4 Å².